The third-order valence-corrected chi connectivity index (χ3v) is 5.12. The first kappa shape index (κ1) is 23.7. The Morgan fingerprint density at radius 2 is 1.69 bits per heavy atom. The van der Waals surface area contributed by atoms with Gasteiger partial charge in [-0.05, 0) is 52.0 Å². The van der Waals surface area contributed by atoms with Gasteiger partial charge in [0.1, 0.15) is 58.6 Å². The average Bonchev–Trinajstić information content (AvgIpc) is 3.15. The minimum absolute atomic E-state index is 0.198. The van der Waals surface area contributed by atoms with Crippen LogP contribution in [0.15, 0.2) is 54.9 Å². The number of aryl methyl sites for hydroxylation is 1. The normalized spacial score (nSPS) is 11.2. The van der Waals surface area contributed by atoms with E-state index in [0.29, 0.717) is 40.0 Å². The Bertz CT molecular complexity index is 1380. The van der Waals surface area contributed by atoms with E-state index in [0.717, 1.165) is 5.56 Å². The van der Waals surface area contributed by atoms with Gasteiger partial charge in [-0.25, -0.2) is 19.0 Å². The maximum atomic E-state index is 14.2. The van der Waals surface area contributed by atoms with E-state index >= 15 is 0 Å². The van der Waals surface area contributed by atoms with E-state index in [1.165, 1.54) is 12.1 Å². The van der Waals surface area contributed by atoms with Crippen molar-refractivity contribution >= 4 is 5.82 Å². The Morgan fingerprint density at radius 1 is 1.03 bits per heavy atom. The molecule has 0 atom stereocenters. The van der Waals surface area contributed by atoms with Crippen molar-refractivity contribution in [3.05, 3.63) is 77.6 Å². The highest BCUT2D eigenvalue weighted by molar-refractivity contribution is 5.73. The van der Waals surface area contributed by atoms with E-state index < -0.39 is 5.82 Å². The maximum Gasteiger partial charge on any atom is 0.141 e. The number of nitrogens with zero attached hydrogens (tertiary/aromatic N) is 5. The summed E-state index contributed by atoms with van der Waals surface area (Å²) in [6.07, 6.45) is 3.33. The molecule has 0 saturated carbocycles. The van der Waals surface area contributed by atoms with E-state index in [9.17, 15) is 9.65 Å². The molecular weight excluding hydrogens is 447 g/mol. The predicted molar refractivity (Wildman–Crippen MR) is 129 cm³/mol. The highest BCUT2D eigenvalue weighted by Gasteiger charge is 2.24. The molecule has 2 aromatic carbocycles. The largest absolute Gasteiger partial charge is 0.489 e. The molecule has 0 amide bonds. The van der Waals surface area contributed by atoms with Gasteiger partial charge in [0.2, 0.25) is 0 Å². The van der Waals surface area contributed by atoms with Gasteiger partial charge in [-0.15, -0.1) is 0 Å². The monoisotopic (exact) mass is 472 g/mol. The first-order valence-electron chi connectivity index (χ1n) is 10.9. The molecule has 0 aliphatic rings. The Kier molecular flexibility index (Phi) is 6.38. The highest BCUT2D eigenvalue weighted by Crippen LogP contribution is 2.33. The molecule has 0 spiro atoms. The van der Waals surface area contributed by atoms with Gasteiger partial charge in [-0.1, -0.05) is 0 Å². The number of rotatable bonds is 6. The Balaban J connectivity index is 1.51. The van der Waals surface area contributed by atoms with E-state index in [2.05, 4.69) is 21.1 Å². The summed E-state index contributed by atoms with van der Waals surface area (Å²) in [4.78, 5) is 8.24. The van der Waals surface area contributed by atoms with Crippen LogP contribution in [0.2, 0.25) is 0 Å². The van der Waals surface area contributed by atoms with Crippen LogP contribution >= 0.6 is 0 Å². The fourth-order valence-corrected chi connectivity index (χ4v) is 3.41. The fourth-order valence-electron chi connectivity index (χ4n) is 3.41. The minimum atomic E-state index is -0.490. The van der Waals surface area contributed by atoms with Crippen LogP contribution < -0.4 is 15.2 Å². The molecule has 2 aromatic heterocycles. The molecule has 9 heteroatoms. The maximum absolute atomic E-state index is 14.2. The molecule has 2 N–H and O–H groups in total. The first-order valence-corrected chi connectivity index (χ1v) is 10.9. The Hall–Kier alpha value is -4.45. The smallest absolute Gasteiger partial charge is 0.141 e. The molecule has 178 valence electrons. The summed E-state index contributed by atoms with van der Waals surface area (Å²) in [5.74, 6) is 1.58. The summed E-state index contributed by atoms with van der Waals surface area (Å²) < 4.78 is 27.3. The molecule has 35 heavy (non-hydrogen) atoms. The zero-order valence-corrected chi connectivity index (χ0v) is 19.9. The van der Waals surface area contributed by atoms with Crippen molar-refractivity contribution in [1.82, 2.24) is 19.7 Å². The number of hydrogen-bond donors (Lipinski definition) is 1. The molecule has 4 rings (SSSR count). The number of aromatic nitrogens is 4. The number of ether oxygens (including phenoxy) is 2. The highest BCUT2D eigenvalue weighted by atomic mass is 19.1. The van der Waals surface area contributed by atoms with E-state index in [1.807, 2.05) is 20.8 Å². The quantitative estimate of drug-likeness (QED) is 0.402. The summed E-state index contributed by atoms with van der Waals surface area (Å²) in [7, 11) is 0. The van der Waals surface area contributed by atoms with E-state index in [-0.39, 0.29) is 17.9 Å². The van der Waals surface area contributed by atoms with Crippen LogP contribution in [0, 0.1) is 24.1 Å². The Morgan fingerprint density at radius 3 is 2.31 bits per heavy atom. The number of hydrogen-bond acceptors (Lipinski definition) is 7. The number of halogens is 1. The predicted octanol–water partition coefficient (Wildman–Crippen LogP) is 5.37. The van der Waals surface area contributed by atoms with Crippen LogP contribution in [0.5, 0.6) is 17.2 Å². The van der Waals surface area contributed by atoms with Crippen molar-refractivity contribution in [3.63, 3.8) is 0 Å². The second kappa shape index (κ2) is 9.43. The molecular formula is C26H25FN6O2. The van der Waals surface area contributed by atoms with Crippen molar-refractivity contribution < 1.29 is 13.9 Å². The first-order chi connectivity index (χ1) is 16.6. The van der Waals surface area contributed by atoms with Crippen molar-refractivity contribution in [1.29, 1.82) is 5.26 Å². The summed E-state index contributed by atoms with van der Waals surface area (Å²) in [6, 6.07) is 13.3. The van der Waals surface area contributed by atoms with Crippen LogP contribution in [-0.4, -0.2) is 19.7 Å². The van der Waals surface area contributed by atoms with Gasteiger partial charge in [0, 0.05) is 41.7 Å². The summed E-state index contributed by atoms with van der Waals surface area (Å²) in [5, 5.41) is 14.2. The lowest BCUT2D eigenvalue weighted by Crippen LogP contribution is -2.24. The number of anilines is 1. The molecule has 0 bridgehead atoms. The number of nitriles is 1. The average molecular weight is 473 g/mol. The van der Waals surface area contributed by atoms with Crippen LogP contribution in [0.25, 0.3) is 11.3 Å². The van der Waals surface area contributed by atoms with Crippen LogP contribution in [0.1, 0.15) is 37.7 Å². The van der Waals surface area contributed by atoms with Gasteiger partial charge in [-0.2, -0.15) is 10.4 Å². The zero-order chi connectivity index (χ0) is 25.2. The molecule has 8 nitrogen and oxygen atoms in total. The van der Waals surface area contributed by atoms with Crippen LogP contribution in [-0.2, 0) is 12.1 Å². The molecule has 0 fully saturated rings. The van der Waals surface area contributed by atoms with Crippen LogP contribution in [0.3, 0.4) is 0 Å². The zero-order valence-electron chi connectivity index (χ0n) is 19.9. The lowest BCUT2D eigenvalue weighted by molar-refractivity contribution is 0.301. The van der Waals surface area contributed by atoms with E-state index in [4.69, 9.17) is 15.2 Å². The summed E-state index contributed by atoms with van der Waals surface area (Å²) in [6.45, 7) is 7.88. The van der Waals surface area contributed by atoms with Crippen molar-refractivity contribution in [2.45, 2.75) is 39.8 Å². The second-order valence-electron chi connectivity index (χ2n) is 8.98. The number of benzene rings is 2. The lowest BCUT2D eigenvalue weighted by Gasteiger charge is -2.20. The Labute approximate surface area is 202 Å². The molecule has 0 saturated heterocycles. The van der Waals surface area contributed by atoms with Gasteiger partial charge < -0.3 is 15.2 Å². The van der Waals surface area contributed by atoms with Crippen molar-refractivity contribution in [2.75, 3.05) is 5.73 Å². The minimum Gasteiger partial charge on any atom is -0.489 e. The number of nitrogens with two attached hydrogens (primary N) is 1. The van der Waals surface area contributed by atoms with Gasteiger partial charge in [-0.3, -0.25) is 0 Å². The van der Waals surface area contributed by atoms with Gasteiger partial charge >= 0.3 is 0 Å². The summed E-state index contributed by atoms with van der Waals surface area (Å²) in [5.41, 5.74) is 8.09. The van der Waals surface area contributed by atoms with Crippen LogP contribution in [0.4, 0.5) is 10.2 Å². The van der Waals surface area contributed by atoms with E-state index in [1.54, 1.807) is 54.3 Å². The molecule has 0 unspecified atom stereocenters. The van der Waals surface area contributed by atoms with Gasteiger partial charge in [0.05, 0.1) is 5.54 Å². The third-order valence-electron chi connectivity index (χ3n) is 5.12. The molecule has 2 heterocycles. The topological polar surface area (TPSA) is 112 Å². The molecule has 0 radical (unpaired) electrons. The van der Waals surface area contributed by atoms with Gasteiger partial charge in [0.15, 0.2) is 0 Å². The van der Waals surface area contributed by atoms with Gasteiger partial charge in [0.25, 0.3) is 0 Å². The third kappa shape index (κ3) is 5.38. The second-order valence-corrected chi connectivity index (χ2v) is 8.98. The molecule has 4 aromatic rings. The van der Waals surface area contributed by atoms with Crippen molar-refractivity contribution in [2.24, 2.45) is 0 Å². The molecule has 0 aliphatic heterocycles. The SMILES string of the molecule is Cc1ncc(COc2cc(F)cc(Oc3ccc(-c4nn(C(C)(C)C)c(N)c4C#N)cc3)c2)cn1. The summed E-state index contributed by atoms with van der Waals surface area (Å²) >= 11 is 0. The fraction of sp³-hybridized carbons (Fsp3) is 0.231. The lowest BCUT2D eigenvalue weighted by atomic mass is 10.1. The number of nitrogen functional groups attached to an aromatic ring is 1. The molecule has 0 aliphatic carbocycles. The standard InChI is InChI=1S/C26H25FN6O2/c1-16-30-13-17(14-31-16)15-34-21-9-19(27)10-22(11-21)35-20-7-5-18(6-8-20)24-23(12-28)25(29)33(32-24)26(2,3)4/h5-11,13-14H,15,29H2,1-4H3. The van der Waals surface area contributed by atoms with Crippen molar-refractivity contribution in [3.8, 4) is 34.6 Å².